The number of fused-ring (bicyclic) bond motifs is 2. The van der Waals surface area contributed by atoms with Gasteiger partial charge in [-0.3, -0.25) is 9.59 Å². The van der Waals surface area contributed by atoms with Gasteiger partial charge < -0.3 is 19.3 Å². The van der Waals surface area contributed by atoms with E-state index in [4.69, 9.17) is 9.47 Å². The third kappa shape index (κ3) is 7.35. The summed E-state index contributed by atoms with van der Waals surface area (Å²) in [5.74, 6) is -0.749. The zero-order chi connectivity index (χ0) is 32.8. The Kier molecular flexibility index (Phi) is 10.6. The minimum atomic E-state index is -0.577. The Morgan fingerprint density at radius 1 is 0.630 bits per heavy atom. The van der Waals surface area contributed by atoms with Crippen molar-refractivity contribution in [3.63, 3.8) is 0 Å². The normalized spacial score (nSPS) is 17.9. The number of carbonyl (C=O) groups is 2. The van der Waals surface area contributed by atoms with E-state index in [2.05, 4.69) is 0 Å². The zero-order valence-electron chi connectivity index (χ0n) is 26.7. The number of amides is 2. The molecule has 4 aromatic carbocycles. The van der Waals surface area contributed by atoms with Crippen molar-refractivity contribution in [2.45, 2.75) is 78.0 Å². The van der Waals surface area contributed by atoms with E-state index >= 15 is 0 Å². The Morgan fingerprint density at radius 3 is 1.37 bits per heavy atom. The summed E-state index contributed by atoms with van der Waals surface area (Å²) in [5.41, 5.74) is 4.60. The average molecular weight is 627 g/mol. The fraction of sp³-hybridized carbons (Fsp3) is 0.316. The Morgan fingerprint density at radius 2 is 1.00 bits per heavy atom. The van der Waals surface area contributed by atoms with Crippen molar-refractivity contribution in [1.29, 1.82) is 0 Å². The van der Waals surface area contributed by atoms with Gasteiger partial charge in [0, 0.05) is 23.2 Å². The van der Waals surface area contributed by atoms with Crippen LogP contribution in [0.1, 0.15) is 49.9 Å². The van der Waals surface area contributed by atoms with Crippen molar-refractivity contribution in [3.05, 3.63) is 131 Å². The van der Waals surface area contributed by atoms with Crippen LogP contribution in [0.2, 0.25) is 0 Å². The zero-order valence-corrected chi connectivity index (χ0v) is 26.7. The van der Waals surface area contributed by atoms with E-state index < -0.39 is 12.2 Å². The number of rotatable bonds is 8. The molecule has 2 amide bonds. The number of nitrogens with zero attached hydrogens (tertiary/aromatic N) is 2. The summed E-state index contributed by atoms with van der Waals surface area (Å²) in [5, 5.41) is 0. The third-order valence-electron chi connectivity index (χ3n) is 8.44. The predicted molar refractivity (Wildman–Crippen MR) is 175 cm³/mol. The van der Waals surface area contributed by atoms with Gasteiger partial charge in [0.15, 0.2) is 0 Å². The first-order valence-corrected chi connectivity index (χ1v) is 15.7. The van der Waals surface area contributed by atoms with Gasteiger partial charge in [0.25, 0.3) is 11.8 Å². The van der Waals surface area contributed by atoms with Crippen LogP contribution in [-0.4, -0.2) is 36.1 Å². The lowest BCUT2D eigenvalue weighted by Gasteiger charge is -2.26. The molecule has 0 radical (unpaired) electrons. The number of halogens is 2. The molecule has 0 saturated heterocycles. The van der Waals surface area contributed by atoms with Gasteiger partial charge in [-0.1, -0.05) is 72.8 Å². The van der Waals surface area contributed by atoms with Crippen molar-refractivity contribution >= 4 is 23.2 Å². The fourth-order valence-corrected chi connectivity index (χ4v) is 6.00. The second kappa shape index (κ2) is 14.8. The van der Waals surface area contributed by atoms with Crippen molar-refractivity contribution in [2.75, 3.05) is 9.80 Å². The van der Waals surface area contributed by atoms with E-state index in [9.17, 15) is 18.4 Å². The van der Waals surface area contributed by atoms with Crippen LogP contribution in [-0.2, 0) is 45.1 Å². The van der Waals surface area contributed by atoms with E-state index in [-0.39, 0.29) is 35.5 Å². The molecule has 0 spiro atoms. The average Bonchev–Trinajstić information content (AvgIpc) is 3.60. The summed E-state index contributed by atoms with van der Waals surface area (Å²) >= 11 is 0. The monoisotopic (exact) mass is 626 g/mol. The van der Waals surface area contributed by atoms with Crippen molar-refractivity contribution in [3.8, 4) is 0 Å². The van der Waals surface area contributed by atoms with Crippen LogP contribution in [0.25, 0.3) is 0 Å². The molecular weight excluding hydrogens is 586 g/mol. The molecule has 0 N–H and O–H groups in total. The summed E-state index contributed by atoms with van der Waals surface area (Å²) in [6, 6.07) is 29.1. The molecule has 2 unspecified atom stereocenters. The van der Waals surface area contributed by atoms with E-state index in [0.29, 0.717) is 48.6 Å². The van der Waals surface area contributed by atoms with Gasteiger partial charge in [0.2, 0.25) is 0 Å². The Bertz CT molecular complexity index is 1530. The van der Waals surface area contributed by atoms with Crippen LogP contribution >= 0.6 is 0 Å². The predicted octanol–water partition coefficient (Wildman–Crippen LogP) is 7.42. The molecule has 6 nitrogen and oxygen atoms in total. The van der Waals surface area contributed by atoms with Gasteiger partial charge in [0.05, 0.1) is 24.6 Å². The molecule has 2 aliphatic rings. The van der Waals surface area contributed by atoms with E-state index in [1.807, 2.05) is 74.5 Å². The lowest BCUT2D eigenvalue weighted by Crippen LogP contribution is -2.42. The van der Waals surface area contributed by atoms with E-state index in [1.165, 1.54) is 12.1 Å². The summed E-state index contributed by atoms with van der Waals surface area (Å²) in [7, 11) is 0. The molecule has 46 heavy (non-hydrogen) atoms. The SMILES string of the molecule is CC1Cc2c(F)cccc2N1C(=O)[C@@H](C)OCc1ccccc1.CC1Cc2c(F)cccc2N1C(=O)[C@@H](C)OCc1ccccc1. The van der Waals surface area contributed by atoms with Gasteiger partial charge in [-0.2, -0.15) is 0 Å². The number of benzene rings is 4. The number of anilines is 2. The van der Waals surface area contributed by atoms with Gasteiger partial charge in [-0.15, -0.1) is 0 Å². The molecule has 0 saturated carbocycles. The van der Waals surface area contributed by atoms with Crippen molar-refractivity contribution < 1.29 is 27.8 Å². The number of hydrogen-bond acceptors (Lipinski definition) is 4. The summed E-state index contributed by atoms with van der Waals surface area (Å²) < 4.78 is 39.2. The minimum Gasteiger partial charge on any atom is -0.364 e. The first kappa shape index (κ1) is 33.0. The quantitative estimate of drug-likeness (QED) is 0.204. The Labute approximate surface area is 269 Å². The molecule has 2 heterocycles. The van der Waals surface area contributed by atoms with E-state index in [1.54, 1.807) is 47.9 Å². The number of carbonyl (C=O) groups excluding carboxylic acids is 2. The lowest BCUT2D eigenvalue weighted by atomic mass is 10.1. The van der Waals surface area contributed by atoms with Crippen molar-refractivity contribution in [1.82, 2.24) is 0 Å². The standard InChI is InChI=1S/2C19H20FNO2/c2*1-13-11-16-17(20)9-6-10-18(16)21(13)19(22)14(2)23-12-15-7-4-3-5-8-15/h2*3-10,13-14H,11-12H2,1-2H3/t2*13?,14-/m11/s1. The maximum atomic E-state index is 13.9. The van der Waals surface area contributed by atoms with E-state index in [0.717, 1.165) is 11.1 Å². The summed E-state index contributed by atoms with van der Waals surface area (Å²) in [4.78, 5) is 28.8. The van der Waals surface area contributed by atoms with Crippen LogP contribution in [0, 0.1) is 11.6 Å². The molecule has 2 aliphatic heterocycles. The molecule has 0 aliphatic carbocycles. The molecule has 4 atom stereocenters. The Balaban J connectivity index is 0.000000181. The maximum absolute atomic E-state index is 13.9. The number of hydrogen-bond donors (Lipinski definition) is 0. The number of ether oxygens (including phenoxy) is 2. The first-order valence-electron chi connectivity index (χ1n) is 15.7. The largest absolute Gasteiger partial charge is 0.364 e. The van der Waals surface area contributed by atoms with Crippen LogP contribution < -0.4 is 9.80 Å². The highest BCUT2D eigenvalue weighted by Crippen LogP contribution is 2.35. The lowest BCUT2D eigenvalue weighted by molar-refractivity contribution is -0.130. The molecule has 0 fully saturated rings. The molecule has 240 valence electrons. The van der Waals surface area contributed by atoms with Crippen LogP contribution in [0.3, 0.4) is 0 Å². The van der Waals surface area contributed by atoms with Gasteiger partial charge in [-0.05, 0) is 75.9 Å². The van der Waals surface area contributed by atoms with Crippen molar-refractivity contribution in [2.24, 2.45) is 0 Å². The summed E-state index contributed by atoms with van der Waals surface area (Å²) in [6.45, 7) is 8.12. The van der Waals surface area contributed by atoms with Gasteiger partial charge in [-0.25, -0.2) is 8.78 Å². The highest BCUT2D eigenvalue weighted by Gasteiger charge is 2.36. The second-order valence-electron chi connectivity index (χ2n) is 11.9. The molecule has 0 aromatic heterocycles. The molecule has 0 bridgehead atoms. The first-order chi connectivity index (χ1) is 22.2. The third-order valence-corrected chi connectivity index (χ3v) is 8.44. The highest BCUT2D eigenvalue weighted by atomic mass is 19.1. The molecule has 4 aromatic rings. The molecule has 8 heteroatoms. The second-order valence-corrected chi connectivity index (χ2v) is 11.9. The van der Waals surface area contributed by atoms with Gasteiger partial charge in [0.1, 0.15) is 23.8 Å². The topological polar surface area (TPSA) is 59.1 Å². The minimum absolute atomic E-state index is 0.0582. The summed E-state index contributed by atoms with van der Waals surface area (Å²) in [6.07, 6.45) is -0.0723. The maximum Gasteiger partial charge on any atom is 0.256 e. The fourth-order valence-electron chi connectivity index (χ4n) is 6.00. The Hall–Kier alpha value is -4.40. The van der Waals surface area contributed by atoms with Crippen LogP contribution in [0.4, 0.5) is 20.2 Å². The van der Waals surface area contributed by atoms with Crippen LogP contribution in [0.15, 0.2) is 97.1 Å². The van der Waals surface area contributed by atoms with Gasteiger partial charge >= 0.3 is 0 Å². The highest BCUT2D eigenvalue weighted by molar-refractivity contribution is 5.99. The molecular formula is C38H40F2N2O4. The van der Waals surface area contributed by atoms with Crippen LogP contribution in [0.5, 0.6) is 0 Å². The smallest absolute Gasteiger partial charge is 0.256 e. The molecule has 6 rings (SSSR count).